The van der Waals surface area contributed by atoms with E-state index in [0.29, 0.717) is 65.7 Å². The number of pyridine rings is 4. The minimum Gasteiger partial charge on any atom is -0.444 e. The molecule has 8 N–H and O–H groups in total. The van der Waals surface area contributed by atoms with Crippen LogP contribution >= 0.6 is 69.6 Å². The molecule has 0 unspecified atom stereocenters. The van der Waals surface area contributed by atoms with E-state index in [1.54, 1.807) is 83.1 Å². The molecule has 0 aliphatic carbocycles. The van der Waals surface area contributed by atoms with Gasteiger partial charge in [-0.25, -0.2) is 90.5 Å². The van der Waals surface area contributed by atoms with Crippen LogP contribution in [0.5, 0.6) is 0 Å². The number of anilines is 3. The van der Waals surface area contributed by atoms with Crippen molar-refractivity contribution < 1.29 is 51.0 Å². The maximum Gasteiger partial charge on any atom is 0.410 e. The van der Waals surface area contributed by atoms with Gasteiger partial charge in [0.2, 0.25) is 0 Å². The summed E-state index contributed by atoms with van der Waals surface area (Å²) in [6.45, 7) is 41.9. The van der Waals surface area contributed by atoms with Crippen LogP contribution in [-0.4, -0.2) is 181 Å². The molecule has 0 bridgehead atoms. The van der Waals surface area contributed by atoms with Crippen molar-refractivity contribution in [2.24, 2.45) is 5.73 Å². The van der Waals surface area contributed by atoms with Crippen molar-refractivity contribution in [2.45, 2.75) is 185 Å². The maximum atomic E-state index is 15.0. The number of H-pyrrole nitrogens is 1. The number of ether oxygens (including phenoxy) is 2. The molecule has 2 atom stereocenters. The lowest BCUT2D eigenvalue weighted by atomic mass is 10.0. The van der Waals surface area contributed by atoms with Crippen molar-refractivity contribution in [3.05, 3.63) is 288 Å². The van der Waals surface area contributed by atoms with Crippen LogP contribution in [0.25, 0.3) is 78.7 Å². The molecule has 147 heavy (non-hydrogen) atoms. The van der Waals surface area contributed by atoms with E-state index in [2.05, 4.69) is 102 Å². The van der Waals surface area contributed by atoms with Gasteiger partial charge < -0.3 is 46.3 Å². The molecule has 2 aliphatic rings. The normalized spacial score (nSPS) is 13.5. The summed E-state index contributed by atoms with van der Waals surface area (Å²) < 4.78 is 70.5. The van der Waals surface area contributed by atoms with Gasteiger partial charge in [0.05, 0.1) is 45.5 Å². The van der Waals surface area contributed by atoms with Crippen LogP contribution in [0, 0.1) is 51.0 Å². The van der Waals surface area contributed by atoms with E-state index in [1.165, 1.54) is 69.8 Å². The minimum absolute atomic E-state index is 0.0138. The zero-order valence-corrected chi connectivity index (χ0v) is 88.7. The third-order valence-corrected chi connectivity index (χ3v) is 23.9. The SMILES string of the molecule is C[C@H]1CN(C(=O)OC(C)(C)C)CCN1.Cc1ccnc(C(C)C)c1-n1c(=O)[nH]c(=O)c2nc(Cl)c(-c3ccccc3F)nc21.Cc1ccnc(C(C)C)c1-n1c(=O)nc(N2CCN(C(=O)OC(C)(C)C)C[C@@H]2C)c2nc(Cl)c(-c3ccccc3F)nc21.Cc1ccnc(C(C)C)c1N.Cc1ccnc(C(C)C)c1NC(=O)NC(=O)c1nc(Cl)c(-c2ccccc2F)nc1Cl.NC(=O)c1nc(Cl)c(-c2ccccc2F)nc1Cl. The number of amides is 6. The topological polar surface area (TPSA) is 446 Å². The number of carbonyl (C=O) groups excluding carboxylic acids is 5. The third-order valence-electron chi connectivity index (χ3n) is 22.3. The molecule has 34 nitrogen and oxygen atoms in total. The second-order valence-electron chi connectivity index (χ2n) is 37.3. The van der Waals surface area contributed by atoms with Gasteiger partial charge in [-0.05, 0) is 202 Å². The number of aromatic nitrogens is 16. The van der Waals surface area contributed by atoms with Crippen molar-refractivity contribution >= 4 is 139 Å². The first-order valence-corrected chi connectivity index (χ1v) is 48.7. The van der Waals surface area contributed by atoms with E-state index < -0.39 is 75.3 Å². The number of hydrogen-bond acceptors (Lipinski definition) is 26. The average Bonchev–Trinajstić information content (AvgIpc) is 0.731. The largest absolute Gasteiger partial charge is 0.444 e. The number of piperazine rings is 2. The lowest BCUT2D eigenvalue weighted by Gasteiger charge is -2.40. The second-order valence-corrected chi connectivity index (χ2v) is 39.5. The van der Waals surface area contributed by atoms with Crippen LogP contribution in [0.3, 0.4) is 0 Å². The van der Waals surface area contributed by atoms with Gasteiger partial charge in [0.15, 0.2) is 70.5 Å². The predicted octanol–water partition coefficient (Wildman–Crippen LogP) is 21.0. The Kier molecular flexibility index (Phi) is 37.7. The number of halogens is 10. The number of nitrogens with two attached hydrogens (primary N) is 2. The molecular formula is C103H110Cl6F4N24O10. The first-order chi connectivity index (χ1) is 69.2. The fourth-order valence-corrected chi connectivity index (χ4v) is 16.7. The van der Waals surface area contributed by atoms with Crippen molar-refractivity contribution in [3.8, 4) is 56.4 Å². The Morgan fingerprint density at radius 2 is 0.844 bits per heavy atom. The smallest absolute Gasteiger partial charge is 0.410 e. The fourth-order valence-electron chi connectivity index (χ4n) is 15.3. The lowest BCUT2D eigenvalue weighted by Crippen LogP contribution is -2.55. The number of aryl methyl sites for hydroxylation is 4. The summed E-state index contributed by atoms with van der Waals surface area (Å²) in [5.41, 5.74) is 17.1. The van der Waals surface area contributed by atoms with Gasteiger partial charge in [-0.1, -0.05) is 174 Å². The molecule has 14 aromatic rings. The zero-order chi connectivity index (χ0) is 108. The summed E-state index contributed by atoms with van der Waals surface area (Å²) >= 11 is 36.7. The molecule has 0 saturated carbocycles. The quantitative estimate of drug-likeness (QED) is 0.0551. The molecule has 0 radical (unpaired) electrons. The van der Waals surface area contributed by atoms with Crippen molar-refractivity contribution in [3.63, 3.8) is 0 Å². The number of hydrogen-bond donors (Lipinski definition) is 6. The molecule has 2 saturated heterocycles. The van der Waals surface area contributed by atoms with Crippen LogP contribution in [0.1, 0.15) is 200 Å². The fraction of sp³-hybridized carbons (Fsp3) is 0.330. The number of imide groups is 1. The Bertz CT molecular complexity index is 7500. The van der Waals surface area contributed by atoms with Crippen LogP contribution in [0.15, 0.2) is 160 Å². The number of rotatable bonds is 14. The molecular weight excluding hydrogens is 2020 g/mol. The van der Waals surface area contributed by atoms with Crippen LogP contribution in [-0.2, 0) is 9.47 Å². The molecule has 44 heteroatoms. The summed E-state index contributed by atoms with van der Waals surface area (Å²) in [7, 11) is 0. The number of nitrogen functional groups attached to an aromatic ring is 1. The number of nitrogens with one attached hydrogen (secondary N) is 4. The third kappa shape index (κ3) is 27.8. The highest BCUT2D eigenvalue weighted by molar-refractivity contribution is 6.36. The van der Waals surface area contributed by atoms with Crippen molar-refractivity contribution in [1.82, 2.24) is 99.3 Å². The number of aromatic amines is 1. The number of nitrogens with zero attached hydrogens (tertiary/aromatic N) is 18. The van der Waals surface area contributed by atoms with E-state index in [9.17, 15) is 55.9 Å². The predicted molar refractivity (Wildman–Crippen MR) is 563 cm³/mol. The van der Waals surface area contributed by atoms with Crippen LogP contribution in [0.4, 0.5) is 49.1 Å². The van der Waals surface area contributed by atoms with Gasteiger partial charge in [-0.3, -0.25) is 44.6 Å². The molecule has 12 heterocycles. The Morgan fingerprint density at radius 3 is 1.27 bits per heavy atom. The van der Waals surface area contributed by atoms with E-state index in [4.69, 9.17) is 95.5 Å². The van der Waals surface area contributed by atoms with Gasteiger partial charge in [0.25, 0.3) is 17.4 Å². The number of primary amides is 1. The number of urea groups is 1. The monoisotopic (exact) mass is 2130 g/mol. The molecule has 16 rings (SSSR count). The van der Waals surface area contributed by atoms with E-state index >= 15 is 0 Å². The van der Waals surface area contributed by atoms with Gasteiger partial charge in [0.1, 0.15) is 57.2 Å². The first kappa shape index (κ1) is 113. The average molecular weight is 2130 g/mol. The highest BCUT2D eigenvalue weighted by Gasteiger charge is 2.36. The van der Waals surface area contributed by atoms with Gasteiger partial charge in [0, 0.05) is 98.4 Å². The highest BCUT2D eigenvalue weighted by Crippen LogP contribution is 2.39. The molecule has 2 aliphatic heterocycles. The maximum absolute atomic E-state index is 15.0. The van der Waals surface area contributed by atoms with E-state index in [1.807, 2.05) is 135 Å². The minimum atomic E-state index is -0.912. The van der Waals surface area contributed by atoms with E-state index in [0.717, 1.165) is 53.3 Å². The van der Waals surface area contributed by atoms with Crippen LogP contribution < -0.4 is 49.3 Å². The summed E-state index contributed by atoms with van der Waals surface area (Å²) in [4.78, 5) is 163. The van der Waals surface area contributed by atoms with Gasteiger partial charge >= 0.3 is 29.6 Å². The Morgan fingerprint density at radius 1 is 0.456 bits per heavy atom. The number of benzene rings is 4. The first-order valence-electron chi connectivity index (χ1n) is 46.4. The van der Waals surface area contributed by atoms with Gasteiger partial charge in [-0.2, -0.15) is 4.98 Å². The Balaban J connectivity index is 0.000000177. The molecule has 10 aromatic heterocycles. The Hall–Kier alpha value is -14.2. The molecule has 6 amide bonds. The number of carbonyl (C=O) groups is 5. The summed E-state index contributed by atoms with van der Waals surface area (Å²) in [6, 6.07) is 30.3. The molecule has 772 valence electrons. The van der Waals surface area contributed by atoms with E-state index in [-0.39, 0.29) is 145 Å². The second kappa shape index (κ2) is 48.9. The molecule has 0 spiro atoms. The summed E-state index contributed by atoms with van der Waals surface area (Å²) in [6.07, 6.45) is 6.20. The number of fused-ring (bicyclic) bond motifs is 2. The molecule has 4 aromatic carbocycles. The summed E-state index contributed by atoms with van der Waals surface area (Å²) in [5, 5.41) is 6.97. The van der Waals surface area contributed by atoms with Crippen molar-refractivity contribution in [2.75, 3.05) is 55.2 Å². The summed E-state index contributed by atoms with van der Waals surface area (Å²) in [5.74, 6) is -3.21. The lowest BCUT2D eigenvalue weighted by molar-refractivity contribution is 0.0197. The van der Waals surface area contributed by atoms with Crippen molar-refractivity contribution in [1.29, 1.82) is 0 Å². The highest BCUT2D eigenvalue weighted by atomic mass is 35.5. The standard InChI is InChI=1S/C31H35ClFN7O3.C21H18Cl2FN5O2.C21H17ClFN5O2.C11H6Cl2FN3O.C10H20N2O2.C9H14N2/c1-17(2)22-25(18(3)12-13-34-22)40-28-24(35-26(32)23(36-28)20-10-8-9-11-21(20)33)27(37-29(40)41)39-15-14-38(16-19(39)4)30(42)43-31(5,6)7;1-10(2)14-15(11(3)8-9-25-14)28-21(31)29-20(30)17-19(23)26-16(18(22)27-17)12-6-4-5-7-13(12)24;1-10(2)14-17(11(3)8-9-24-14)28-19-16(20(29)27-21(28)30)25-18(22)15(26-19)12-6-4-5-7-13(12)23;12-9-7(5-3-1-2-4-6(5)14)16-10(13)8(17-9)11(15)18;1-8-7-12(6-5-11-8)9(13)14-10(2,3)4;1-6(2)9-8(10)7(3)4-5-11-9/h8-13,17,19H,14-16H2,1-7H3;4-10H,1-3H3,(H2,28,29,30,31);4-10H,1-3H3,(H,27,29,30);1-4H,(H2,15,18);8,11H,5-7H2,1-4H3;4-6H,10H2,1-3H3/t19-;;;;8-;/m0...0./s1. The molecule has 2 fully saturated rings. The Labute approximate surface area is 874 Å². The van der Waals surface area contributed by atoms with Crippen LogP contribution in [0.2, 0.25) is 30.9 Å². The zero-order valence-electron chi connectivity index (χ0n) is 84.1. The van der Waals surface area contributed by atoms with Gasteiger partial charge in [-0.15, -0.1) is 0 Å².